The Labute approximate surface area is 227 Å². The Morgan fingerprint density at radius 3 is 2.46 bits per heavy atom. The molecule has 11 nitrogen and oxygen atoms in total. The van der Waals surface area contributed by atoms with Crippen LogP contribution in [0.1, 0.15) is 37.9 Å². The monoisotopic (exact) mass is 553 g/mol. The van der Waals surface area contributed by atoms with E-state index in [-0.39, 0.29) is 28.1 Å². The van der Waals surface area contributed by atoms with Gasteiger partial charge in [0.05, 0.1) is 54.2 Å². The van der Waals surface area contributed by atoms with Gasteiger partial charge in [-0.15, -0.1) is 0 Å². The largest absolute Gasteiger partial charge is 0.493 e. The van der Waals surface area contributed by atoms with Crippen molar-refractivity contribution >= 4 is 29.1 Å². The zero-order valence-electron chi connectivity index (χ0n) is 22.0. The smallest absolute Gasteiger partial charge is 0.338 e. The molecule has 204 valence electrons. The van der Waals surface area contributed by atoms with Crippen LogP contribution in [-0.4, -0.2) is 42.9 Å². The molecule has 0 N–H and O–H groups in total. The van der Waals surface area contributed by atoms with Gasteiger partial charge in [0.15, 0.2) is 22.0 Å². The second-order valence-corrected chi connectivity index (χ2v) is 9.34. The first kappa shape index (κ1) is 27.6. The minimum absolute atomic E-state index is 0.109. The normalized spacial score (nSPS) is 14.9. The average molecular weight is 554 g/mol. The van der Waals surface area contributed by atoms with Gasteiger partial charge in [-0.05, 0) is 56.2 Å². The summed E-state index contributed by atoms with van der Waals surface area (Å²) >= 11 is 1.12. The molecule has 0 saturated carbocycles. The predicted octanol–water partition coefficient (Wildman–Crippen LogP) is 3.12. The van der Waals surface area contributed by atoms with Gasteiger partial charge in [-0.2, -0.15) is 0 Å². The van der Waals surface area contributed by atoms with Gasteiger partial charge in [-0.3, -0.25) is 19.5 Å². The molecule has 12 heteroatoms. The Morgan fingerprint density at radius 2 is 1.82 bits per heavy atom. The Hall–Kier alpha value is -4.45. The number of allylic oxidation sites excluding steroid dienone is 1. The van der Waals surface area contributed by atoms with E-state index < -0.39 is 22.5 Å². The van der Waals surface area contributed by atoms with E-state index in [1.807, 2.05) is 6.92 Å². The second-order valence-electron chi connectivity index (χ2n) is 8.33. The van der Waals surface area contributed by atoms with Crippen molar-refractivity contribution in [3.63, 3.8) is 0 Å². The number of nitrogens with zero attached hydrogens (tertiary/aromatic N) is 3. The van der Waals surface area contributed by atoms with Gasteiger partial charge in [-0.1, -0.05) is 23.5 Å². The summed E-state index contributed by atoms with van der Waals surface area (Å²) in [5, 5.41) is 11.5. The van der Waals surface area contributed by atoms with E-state index in [0.717, 1.165) is 11.3 Å². The first-order chi connectivity index (χ1) is 18.7. The third-order valence-electron chi connectivity index (χ3n) is 6.02. The molecule has 1 aliphatic heterocycles. The van der Waals surface area contributed by atoms with Crippen LogP contribution in [0.2, 0.25) is 0 Å². The fourth-order valence-electron chi connectivity index (χ4n) is 4.33. The lowest BCUT2D eigenvalue weighted by atomic mass is 9.95. The summed E-state index contributed by atoms with van der Waals surface area (Å²) in [4.78, 5) is 42.8. The molecule has 0 unspecified atom stereocenters. The molecule has 0 fully saturated rings. The van der Waals surface area contributed by atoms with Crippen molar-refractivity contribution in [2.45, 2.75) is 26.8 Å². The van der Waals surface area contributed by atoms with E-state index >= 15 is 0 Å². The van der Waals surface area contributed by atoms with Crippen LogP contribution in [0.25, 0.3) is 6.08 Å². The molecule has 0 amide bonds. The number of ether oxygens (including phenoxy) is 4. The molecule has 1 aromatic heterocycles. The van der Waals surface area contributed by atoms with Gasteiger partial charge in [-0.25, -0.2) is 9.79 Å². The van der Waals surface area contributed by atoms with E-state index in [4.69, 9.17) is 18.9 Å². The highest BCUT2D eigenvalue weighted by Gasteiger charge is 2.34. The summed E-state index contributed by atoms with van der Waals surface area (Å²) in [7, 11) is 2.87. The van der Waals surface area contributed by atoms with Crippen molar-refractivity contribution in [1.29, 1.82) is 0 Å². The first-order valence-corrected chi connectivity index (χ1v) is 12.9. The molecule has 39 heavy (non-hydrogen) atoms. The van der Waals surface area contributed by atoms with Gasteiger partial charge in [0.1, 0.15) is 0 Å². The number of nitro groups is 1. The zero-order valence-corrected chi connectivity index (χ0v) is 22.9. The van der Waals surface area contributed by atoms with Gasteiger partial charge in [0.25, 0.3) is 5.56 Å². The fraction of sp³-hybridized carbons (Fsp3) is 0.296. The number of hydrogen-bond acceptors (Lipinski definition) is 10. The van der Waals surface area contributed by atoms with Crippen LogP contribution in [0.3, 0.4) is 0 Å². The fourth-order valence-corrected chi connectivity index (χ4v) is 5.38. The molecular formula is C27H27N3O8S. The maximum atomic E-state index is 13.8. The van der Waals surface area contributed by atoms with Crippen molar-refractivity contribution in [2.24, 2.45) is 4.99 Å². The van der Waals surface area contributed by atoms with Gasteiger partial charge in [0, 0.05) is 6.07 Å². The van der Waals surface area contributed by atoms with Crippen LogP contribution in [0.15, 0.2) is 57.5 Å². The average Bonchev–Trinajstić information content (AvgIpc) is 3.22. The molecule has 3 aromatic rings. The van der Waals surface area contributed by atoms with Crippen LogP contribution in [0.5, 0.6) is 17.2 Å². The summed E-state index contributed by atoms with van der Waals surface area (Å²) < 4.78 is 23.3. The molecule has 0 aliphatic carbocycles. The Balaban J connectivity index is 1.95. The Kier molecular flexibility index (Phi) is 8.15. The minimum atomic E-state index is -0.849. The molecule has 2 heterocycles. The van der Waals surface area contributed by atoms with E-state index in [2.05, 4.69) is 4.99 Å². The van der Waals surface area contributed by atoms with Crippen LogP contribution < -0.4 is 29.1 Å². The number of fused-ring (bicyclic) bond motifs is 1. The SMILES string of the molecule is CCOC(=O)C1=C(C)N=c2s/c(=C\c3ccc(OC)c([N+](=O)[O-])c3)c(=O)n2[C@@H]1c1ccc(OC)c(OCC)c1. The molecule has 4 rings (SSSR count). The molecule has 1 atom stereocenters. The third-order valence-corrected chi connectivity index (χ3v) is 7.00. The van der Waals surface area contributed by atoms with Crippen molar-refractivity contribution in [3.8, 4) is 17.2 Å². The van der Waals surface area contributed by atoms with Crippen LogP contribution in [-0.2, 0) is 9.53 Å². The zero-order chi connectivity index (χ0) is 28.3. The molecule has 1 aliphatic rings. The number of nitro benzene ring substituents is 1. The third kappa shape index (κ3) is 5.28. The van der Waals surface area contributed by atoms with Crippen LogP contribution >= 0.6 is 11.3 Å². The molecule has 0 radical (unpaired) electrons. The summed E-state index contributed by atoms with van der Waals surface area (Å²) in [5.74, 6) is 0.492. The lowest BCUT2D eigenvalue weighted by molar-refractivity contribution is -0.385. The van der Waals surface area contributed by atoms with Crippen LogP contribution in [0.4, 0.5) is 5.69 Å². The highest BCUT2D eigenvalue weighted by Crippen LogP contribution is 2.36. The van der Waals surface area contributed by atoms with Crippen molar-refractivity contribution in [3.05, 3.63) is 88.6 Å². The number of benzene rings is 2. The van der Waals surface area contributed by atoms with Gasteiger partial charge >= 0.3 is 11.7 Å². The standard InChI is InChI=1S/C27H27N3O8S/c1-6-37-21-14-17(9-11-20(21)36-5)24-23(26(32)38-7-2)15(3)28-27-29(24)25(31)22(39-27)13-16-8-10-19(35-4)18(12-16)30(33)34/h8-14,24H,6-7H2,1-5H3/b22-13-/t24-/m1/s1. The van der Waals surface area contributed by atoms with Crippen LogP contribution in [0, 0.1) is 10.1 Å². The van der Waals surface area contributed by atoms with Gasteiger partial charge < -0.3 is 18.9 Å². The highest BCUT2D eigenvalue weighted by atomic mass is 32.1. The molecule has 0 spiro atoms. The number of rotatable bonds is 9. The minimum Gasteiger partial charge on any atom is -0.493 e. The van der Waals surface area contributed by atoms with E-state index in [1.165, 1.54) is 30.9 Å². The summed E-state index contributed by atoms with van der Waals surface area (Å²) in [5.41, 5.74) is 1.05. The van der Waals surface area contributed by atoms with E-state index in [0.29, 0.717) is 39.7 Å². The number of carbonyl (C=O) groups excluding carboxylic acids is 1. The van der Waals surface area contributed by atoms with Crippen molar-refractivity contribution < 1.29 is 28.7 Å². The van der Waals surface area contributed by atoms with Crippen molar-refractivity contribution in [2.75, 3.05) is 27.4 Å². The lowest BCUT2D eigenvalue weighted by Gasteiger charge is -2.25. The quantitative estimate of drug-likeness (QED) is 0.224. The number of methoxy groups -OCH3 is 2. The summed E-state index contributed by atoms with van der Waals surface area (Å²) in [6, 6.07) is 8.78. The highest BCUT2D eigenvalue weighted by molar-refractivity contribution is 7.07. The molecule has 2 aromatic carbocycles. The number of esters is 1. The maximum absolute atomic E-state index is 13.8. The topological polar surface area (TPSA) is 131 Å². The Bertz CT molecular complexity index is 1650. The van der Waals surface area contributed by atoms with E-state index in [9.17, 15) is 19.7 Å². The summed E-state index contributed by atoms with van der Waals surface area (Å²) in [6.07, 6.45) is 1.55. The predicted molar refractivity (Wildman–Crippen MR) is 144 cm³/mol. The van der Waals surface area contributed by atoms with Crippen molar-refractivity contribution in [1.82, 2.24) is 4.57 Å². The molecule has 0 bridgehead atoms. The molecule has 0 saturated heterocycles. The second kappa shape index (κ2) is 11.5. The number of carbonyl (C=O) groups is 1. The first-order valence-electron chi connectivity index (χ1n) is 12.1. The van der Waals surface area contributed by atoms with Gasteiger partial charge in [0.2, 0.25) is 0 Å². The number of hydrogen-bond donors (Lipinski definition) is 0. The number of thiazole rings is 1. The summed E-state index contributed by atoms with van der Waals surface area (Å²) in [6.45, 7) is 5.77. The number of aromatic nitrogens is 1. The maximum Gasteiger partial charge on any atom is 0.338 e. The molecular weight excluding hydrogens is 526 g/mol. The lowest BCUT2D eigenvalue weighted by Crippen LogP contribution is -2.40. The van der Waals surface area contributed by atoms with E-state index in [1.54, 1.807) is 44.2 Å². The Morgan fingerprint density at radius 1 is 1.10 bits per heavy atom.